The average molecular weight is 277 g/mol. The first-order valence-corrected chi connectivity index (χ1v) is 7.10. The van der Waals surface area contributed by atoms with E-state index in [1.54, 1.807) is 12.4 Å². The zero-order valence-electron chi connectivity index (χ0n) is 12.3. The first kappa shape index (κ1) is 14.7. The van der Waals surface area contributed by atoms with Gasteiger partial charge in [0.25, 0.3) is 0 Å². The molecule has 0 atom stereocenters. The van der Waals surface area contributed by atoms with Crippen LogP contribution in [0, 0.1) is 0 Å². The monoisotopic (exact) mass is 277 g/mol. The Morgan fingerprint density at radius 3 is 1.52 bits per heavy atom. The summed E-state index contributed by atoms with van der Waals surface area (Å²) in [6, 6.07) is 18.1. The highest BCUT2D eigenvalue weighted by Crippen LogP contribution is 2.32. The van der Waals surface area contributed by atoms with Crippen molar-refractivity contribution in [1.29, 1.82) is 0 Å². The summed E-state index contributed by atoms with van der Waals surface area (Å²) < 4.78 is 0. The van der Waals surface area contributed by atoms with Crippen LogP contribution in [0.5, 0.6) is 0 Å². The Morgan fingerprint density at radius 1 is 0.619 bits per heavy atom. The van der Waals surface area contributed by atoms with Crippen molar-refractivity contribution in [2.45, 2.75) is 13.8 Å². The normalized spacial score (nSPS) is 9.43. The van der Waals surface area contributed by atoms with Gasteiger partial charge in [0, 0.05) is 18.1 Å². The second-order valence-electron chi connectivity index (χ2n) is 4.09. The van der Waals surface area contributed by atoms with Crippen LogP contribution in [0.2, 0.25) is 0 Å². The minimum Gasteiger partial charge on any atom is -0.307 e. The summed E-state index contributed by atoms with van der Waals surface area (Å²) in [6.07, 6.45) is 7.24. The van der Waals surface area contributed by atoms with E-state index in [1.807, 2.05) is 68.7 Å². The van der Waals surface area contributed by atoms with Crippen molar-refractivity contribution in [3.63, 3.8) is 0 Å². The van der Waals surface area contributed by atoms with E-state index in [0.29, 0.717) is 0 Å². The SMILES string of the molecule is CC.c1ccc(N(c2cccnc2)c2cccnc2)cc1. The molecule has 0 aliphatic heterocycles. The van der Waals surface area contributed by atoms with Crippen LogP contribution in [0.4, 0.5) is 17.1 Å². The Kier molecular flexibility index (Phi) is 5.47. The number of hydrogen-bond acceptors (Lipinski definition) is 3. The van der Waals surface area contributed by atoms with Crippen LogP contribution in [0.15, 0.2) is 79.4 Å². The lowest BCUT2D eigenvalue weighted by molar-refractivity contribution is 1.20. The molecule has 0 spiro atoms. The molecular weight excluding hydrogens is 258 g/mol. The van der Waals surface area contributed by atoms with Crippen LogP contribution in [-0.4, -0.2) is 9.97 Å². The van der Waals surface area contributed by atoms with Gasteiger partial charge < -0.3 is 4.90 Å². The van der Waals surface area contributed by atoms with Crippen molar-refractivity contribution in [2.24, 2.45) is 0 Å². The molecule has 0 fully saturated rings. The summed E-state index contributed by atoms with van der Waals surface area (Å²) in [6.45, 7) is 4.00. The number of pyridine rings is 2. The zero-order valence-corrected chi connectivity index (χ0v) is 12.3. The quantitative estimate of drug-likeness (QED) is 0.676. The molecule has 3 heteroatoms. The molecule has 0 N–H and O–H groups in total. The van der Waals surface area contributed by atoms with Crippen LogP contribution in [0.1, 0.15) is 13.8 Å². The van der Waals surface area contributed by atoms with Gasteiger partial charge in [0.05, 0.1) is 23.8 Å². The maximum absolute atomic E-state index is 4.19. The topological polar surface area (TPSA) is 29.0 Å². The third-order valence-electron chi connectivity index (χ3n) is 2.82. The number of rotatable bonds is 3. The van der Waals surface area contributed by atoms with Crippen LogP contribution in [0.3, 0.4) is 0 Å². The molecule has 0 saturated carbocycles. The van der Waals surface area contributed by atoms with Gasteiger partial charge in [-0.3, -0.25) is 9.97 Å². The Morgan fingerprint density at radius 2 is 1.10 bits per heavy atom. The Hall–Kier alpha value is -2.68. The summed E-state index contributed by atoms with van der Waals surface area (Å²) >= 11 is 0. The molecule has 3 aromatic rings. The molecule has 0 bridgehead atoms. The number of hydrogen-bond donors (Lipinski definition) is 0. The lowest BCUT2D eigenvalue weighted by atomic mass is 10.2. The van der Waals surface area contributed by atoms with Crippen LogP contribution in [0.25, 0.3) is 0 Å². The molecule has 3 rings (SSSR count). The Balaban J connectivity index is 0.000000774. The van der Waals surface area contributed by atoms with E-state index < -0.39 is 0 Å². The Labute approximate surface area is 125 Å². The third-order valence-corrected chi connectivity index (χ3v) is 2.82. The maximum atomic E-state index is 4.19. The molecule has 3 nitrogen and oxygen atoms in total. The fraction of sp³-hybridized carbons (Fsp3) is 0.111. The van der Waals surface area contributed by atoms with Crippen molar-refractivity contribution < 1.29 is 0 Å². The van der Waals surface area contributed by atoms with Gasteiger partial charge in [-0.2, -0.15) is 0 Å². The van der Waals surface area contributed by atoms with Gasteiger partial charge in [-0.25, -0.2) is 0 Å². The molecule has 2 aromatic heterocycles. The first-order chi connectivity index (χ1) is 10.4. The van der Waals surface area contributed by atoms with Gasteiger partial charge in [-0.1, -0.05) is 32.0 Å². The van der Waals surface area contributed by atoms with Gasteiger partial charge >= 0.3 is 0 Å². The van der Waals surface area contributed by atoms with Crippen molar-refractivity contribution in [1.82, 2.24) is 9.97 Å². The average Bonchev–Trinajstić information content (AvgIpc) is 2.60. The van der Waals surface area contributed by atoms with Gasteiger partial charge in [0.2, 0.25) is 0 Å². The molecule has 21 heavy (non-hydrogen) atoms. The molecule has 0 saturated heterocycles. The van der Waals surface area contributed by atoms with E-state index in [9.17, 15) is 0 Å². The van der Waals surface area contributed by atoms with Gasteiger partial charge in [0.1, 0.15) is 0 Å². The Bertz CT molecular complexity index is 530. The van der Waals surface area contributed by atoms with E-state index >= 15 is 0 Å². The van der Waals surface area contributed by atoms with Gasteiger partial charge in [0.15, 0.2) is 0 Å². The number of para-hydroxylation sites is 1. The van der Waals surface area contributed by atoms with Crippen LogP contribution < -0.4 is 4.90 Å². The van der Waals surface area contributed by atoms with Gasteiger partial charge in [-0.05, 0) is 36.4 Å². The van der Waals surface area contributed by atoms with Crippen molar-refractivity contribution in [2.75, 3.05) is 4.90 Å². The van der Waals surface area contributed by atoms with Crippen molar-refractivity contribution in [3.05, 3.63) is 79.4 Å². The highest BCUT2D eigenvalue weighted by molar-refractivity contribution is 5.75. The molecule has 0 aliphatic rings. The van der Waals surface area contributed by atoms with E-state index in [4.69, 9.17) is 0 Å². The summed E-state index contributed by atoms with van der Waals surface area (Å²) in [7, 11) is 0. The lowest BCUT2D eigenvalue weighted by Crippen LogP contribution is -2.10. The second-order valence-corrected chi connectivity index (χ2v) is 4.09. The van der Waals surface area contributed by atoms with E-state index in [1.165, 1.54) is 0 Å². The second kappa shape index (κ2) is 7.80. The minimum absolute atomic E-state index is 1.02. The van der Waals surface area contributed by atoms with E-state index in [-0.39, 0.29) is 0 Å². The molecule has 0 amide bonds. The summed E-state index contributed by atoms with van der Waals surface area (Å²) in [5.74, 6) is 0. The molecule has 2 heterocycles. The zero-order chi connectivity index (χ0) is 14.9. The summed E-state index contributed by atoms with van der Waals surface area (Å²) in [4.78, 5) is 10.5. The first-order valence-electron chi connectivity index (χ1n) is 7.10. The van der Waals surface area contributed by atoms with Crippen LogP contribution in [-0.2, 0) is 0 Å². The van der Waals surface area contributed by atoms with E-state index in [2.05, 4.69) is 27.0 Å². The molecule has 106 valence electrons. The number of aromatic nitrogens is 2. The largest absolute Gasteiger partial charge is 0.307 e. The predicted molar refractivity (Wildman–Crippen MR) is 88.1 cm³/mol. The fourth-order valence-electron chi connectivity index (χ4n) is 2.00. The van der Waals surface area contributed by atoms with Crippen LogP contribution >= 0.6 is 0 Å². The van der Waals surface area contributed by atoms with E-state index in [0.717, 1.165) is 17.1 Å². The van der Waals surface area contributed by atoms with Gasteiger partial charge in [-0.15, -0.1) is 0 Å². The van der Waals surface area contributed by atoms with Crippen molar-refractivity contribution >= 4 is 17.1 Å². The predicted octanol–water partition coefficient (Wildman–Crippen LogP) is 4.97. The molecule has 1 aromatic carbocycles. The third kappa shape index (κ3) is 3.66. The standard InChI is InChI=1S/C16H13N3.C2H6/c1-2-6-14(7-3-1)19(15-8-4-10-17-12-15)16-9-5-11-18-13-16;1-2/h1-13H;1-2H3. The minimum atomic E-state index is 1.02. The fourth-order valence-corrected chi connectivity index (χ4v) is 2.00. The lowest BCUT2D eigenvalue weighted by Gasteiger charge is -2.24. The smallest absolute Gasteiger partial charge is 0.0645 e. The number of benzene rings is 1. The van der Waals surface area contributed by atoms with Crippen molar-refractivity contribution in [3.8, 4) is 0 Å². The molecule has 0 aliphatic carbocycles. The molecular formula is C18H19N3. The highest BCUT2D eigenvalue weighted by Gasteiger charge is 2.11. The highest BCUT2D eigenvalue weighted by atomic mass is 15.1. The summed E-state index contributed by atoms with van der Waals surface area (Å²) in [5.41, 5.74) is 3.12. The summed E-state index contributed by atoms with van der Waals surface area (Å²) in [5, 5.41) is 0. The number of nitrogens with zero attached hydrogens (tertiary/aromatic N) is 3. The maximum Gasteiger partial charge on any atom is 0.0645 e. The molecule has 0 radical (unpaired) electrons. The number of anilines is 3. The molecule has 0 unspecified atom stereocenters.